The highest BCUT2D eigenvalue weighted by molar-refractivity contribution is 9.10. The predicted molar refractivity (Wildman–Crippen MR) is 87.4 cm³/mol. The Morgan fingerprint density at radius 2 is 1.95 bits per heavy atom. The van der Waals surface area contributed by atoms with E-state index >= 15 is 0 Å². The van der Waals surface area contributed by atoms with Crippen molar-refractivity contribution in [1.82, 2.24) is 10.6 Å². The molecule has 3 rings (SSSR count). The Morgan fingerprint density at radius 1 is 1.20 bits per heavy atom. The van der Waals surface area contributed by atoms with E-state index in [1.807, 2.05) is 7.05 Å². The molecule has 1 unspecified atom stereocenters. The summed E-state index contributed by atoms with van der Waals surface area (Å²) in [4.78, 5) is 6.74. The van der Waals surface area contributed by atoms with Gasteiger partial charge in [0.05, 0.1) is 5.69 Å². The van der Waals surface area contributed by atoms with Gasteiger partial charge in [-0.05, 0) is 47.3 Å². The van der Waals surface area contributed by atoms with Crippen molar-refractivity contribution in [1.29, 1.82) is 0 Å². The molecule has 1 saturated heterocycles. The van der Waals surface area contributed by atoms with Gasteiger partial charge in [0.15, 0.2) is 5.96 Å². The van der Waals surface area contributed by atoms with Crippen molar-refractivity contribution in [2.45, 2.75) is 31.3 Å². The van der Waals surface area contributed by atoms with Crippen LogP contribution in [0.1, 0.15) is 19.3 Å². The Balaban J connectivity index is 1.57. The average Bonchev–Trinajstić information content (AvgIpc) is 3.15. The SMILES string of the molecule is CN=C(NC1CC1)NC1CCN(c2ccccc2Br)C1. The smallest absolute Gasteiger partial charge is 0.191 e. The number of benzene rings is 1. The fraction of sp³-hybridized carbons (Fsp3) is 0.533. The Morgan fingerprint density at radius 3 is 2.65 bits per heavy atom. The van der Waals surface area contributed by atoms with E-state index < -0.39 is 0 Å². The van der Waals surface area contributed by atoms with Gasteiger partial charge in [0.2, 0.25) is 0 Å². The van der Waals surface area contributed by atoms with E-state index in [0.29, 0.717) is 12.1 Å². The Hall–Kier alpha value is -1.23. The van der Waals surface area contributed by atoms with Crippen LogP contribution in [0.4, 0.5) is 5.69 Å². The quantitative estimate of drug-likeness (QED) is 0.657. The van der Waals surface area contributed by atoms with Crippen LogP contribution in [0.25, 0.3) is 0 Å². The number of nitrogens with zero attached hydrogens (tertiary/aromatic N) is 2. The Bertz CT molecular complexity index is 498. The van der Waals surface area contributed by atoms with Crippen LogP contribution in [0.2, 0.25) is 0 Å². The highest BCUT2D eigenvalue weighted by Gasteiger charge is 2.27. The summed E-state index contributed by atoms with van der Waals surface area (Å²) >= 11 is 3.63. The summed E-state index contributed by atoms with van der Waals surface area (Å²) in [7, 11) is 1.85. The van der Waals surface area contributed by atoms with E-state index in [1.54, 1.807) is 0 Å². The number of anilines is 1. The summed E-state index contributed by atoms with van der Waals surface area (Å²) in [6.45, 7) is 2.11. The summed E-state index contributed by atoms with van der Waals surface area (Å²) in [5.41, 5.74) is 1.28. The van der Waals surface area contributed by atoms with E-state index in [0.717, 1.165) is 25.5 Å². The molecule has 1 aliphatic heterocycles. The maximum atomic E-state index is 4.31. The van der Waals surface area contributed by atoms with Gasteiger partial charge in [0.25, 0.3) is 0 Å². The lowest BCUT2D eigenvalue weighted by Gasteiger charge is -2.21. The first-order valence-electron chi connectivity index (χ1n) is 7.25. The summed E-state index contributed by atoms with van der Waals surface area (Å²) in [6, 6.07) is 9.52. The molecule has 0 spiro atoms. The lowest BCUT2D eigenvalue weighted by atomic mass is 10.3. The third-order valence-electron chi connectivity index (χ3n) is 3.86. The van der Waals surface area contributed by atoms with Crippen LogP contribution in [0.5, 0.6) is 0 Å². The van der Waals surface area contributed by atoms with Crippen LogP contribution in [0.3, 0.4) is 0 Å². The molecule has 0 bridgehead atoms. The van der Waals surface area contributed by atoms with Crippen LogP contribution >= 0.6 is 15.9 Å². The molecule has 2 aliphatic rings. The standard InChI is InChI=1S/C15H21BrN4/c1-17-15(18-11-6-7-11)19-12-8-9-20(10-12)14-5-3-2-4-13(14)16/h2-5,11-12H,6-10H2,1H3,(H2,17,18,19). The number of hydrogen-bond acceptors (Lipinski definition) is 2. The normalized spacial score (nSPS) is 23.0. The van der Waals surface area contributed by atoms with Gasteiger partial charge in [0, 0.05) is 36.7 Å². The van der Waals surface area contributed by atoms with Crippen LogP contribution in [0.15, 0.2) is 33.7 Å². The number of rotatable bonds is 3. The lowest BCUT2D eigenvalue weighted by Crippen LogP contribution is -2.45. The van der Waals surface area contributed by atoms with Gasteiger partial charge in [-0.2, -0.15) is 0 Å². The zero-order valence-corrected chi connectivity index (χ0v) is 13.4. The third-order valence-corrected chi connectivity index (χ3v) is 4.53. The van der Waals surface area contributed by atoms with Crippen LogP contribution < -0.4 is 15.5 Å². The molecule has 4 nitrogen and oxygen atoms in total. The zero-order chi connectivity index (χ0) is 13.9. The second-order valence-corrected chi connectivity index (χ2v) is 6.37. The minimum absolute atomic E-state index is 0.465. The predicted octanol–water partition coefficient (Wildman–Crippen LogP) is 2.36. The van der Waals surface area contributed by atoms with E-state index in [4.69, 9.17) is 0 Å². The molecular weight excluding hydrogens is 316 g/mol. The molecular formula is C15H21BrN4. The van der Waals surface area contributed by atoms with Crippen molar-refractivity contribution in [2.24, 2.45) is 4.99 Å². The molecule has 1 atom stereocenters. The number of hydrogen-bond donors (Lipinski definition) is 2. The second kappa shape index (κ2) is 6.04. The summed E-state index contributed by atoms with van der Waals surface area (Å²) in [5.74, 6) is 0.950. The summed E-state index contributed by atoms with van der Waals surface area (Å²) in [6.07, 6.45) is 3.69. The second-order valence-electron chi connectivity index (χ2n) is 5.52. The molecule has 1 aromatic rings. The van der Waals surface area contributed by atoms with Gasteiger partial charge in [-0.3, -0.25) is 4.99 Å². The summed E-state index contributed by atoms with van der Waals surface area (Å²) in [5, 5.41) is 6.98. The van der Waals surface area contributed by atoms with E-state index in [-0.39, 0.29) is 0 Å². The molecule has 0 amide bonds. The van der Waals surface area contributed by atoms with Gasteiger partial charge in [0.1, 0.15) is 0 Å². The molecule has 1 aromatic carbocycles. The number of nitrogens with one attached hydrogen (secondary N) is 2. The molecule has 0 radical (unpaired) electrons. The summed E-state index contributed by atoms with van der Waals surface area (Å²) < 4.78 is 1.17. The zero-order valence-electron chi connectivity index (χ0n) is 11.8. The topological polar surface area (TPSA) is 39.7 Å². The minimum Gasteiger partial charge on any atom is -0.368 e. The van der Waals surface area contributed by atoms with E-state index in [2.05, 4.69) is 60.7 Å². The number of aliphatic imine (C=N–C) groups is 1. The number of para-hydroxylation sites is 1. The molecule has 20 heavy (non-hydrogen) atoms. The number of guanidine groups is 1. The van der Waals surface area contributed by atoms with Gasteiger partial charge >= 0.3 is 0 Å². The Labute approximate surface area is 128 Å². The number of halogens is 1. The van der Waals surface area contributed by atoms with Crippen LogP contribution in [-0.4, -0.2) is 38.2 Å². The third kappa shape index (κ3) is 3.26. The van der Waals surface area contributed by atoms with E-state index in [1.165, 1.54) is 23.0 Å². The molecule has 2 fully saturated rings. The molecule has 0 aromatic heterocycles. The molecule has 2 N–H and O–H groups in total. The van der Waals surface area contributed by atoms with Gasteiger partial charge < -0.3 is 15.5 Å². The molecule has 5 heteroatoms. The first-order valence-corrected chi connectivity index (χ1v) is 8.05. The van der Waals surface area contributed by atoms with Gasteiger partial charge in [-0.25, -0.2) is 0 Å². The van der Waals surface area contributed by atoms with Crippen molar-refractivity contribution in [3.05, 3.63) is 28.7 Å². The van der Waals surface area contributed by atoms with Gasteiger partial charge in [-0.1, -0.05) is 12.1 Å². The molecule has 108 valence electrons. The van der Waals surface area contributed by atoms with Crippen molar-refractivity contribution >= 4 is 27.6 Å². The molecule has 1 saturated carbocycles. The molecule has 1 aliphatic carbocycles. The fourth-order valence-corrected chi connectivity index (χ4v) is 3.13. The van der Waals surface area contributed by atoms with Crippen molar-refractivity contribution in [3.63, 3.8) is 0 Å². The average molecular weight is 337 g/mol. The van der Waals surface area contributed by atoms with Crippen LogP contribution in [-0.2, 0) is 0 Å². The highest BCUT2D eigenvalue weighted by Crippen LogP contribution is 2.28. The first-order chi connectivity index (χ1) is 9.76. The van der Waals surface area contributed by atoms with Crippen molar-refractivity contribution in [2.75, 3.05) is 25.0 Å². The van der Waals surface area contributed by atoms with Crippen LogP contribution in [0, 0.1) is 0 Å². The minimum atomic E-state index is 0.465. The highest BCUT2D eigenvalue weighted by atomic mass is 79.9. The van der Waals surface area contributed by atoms with Crippen molar-refractivity contribution in [3.8, 4) is 0 Å². The maximum Gasteiger partial charge on any atom is 0.191 e. The van der Waals surface area contributed by atoms with Crippen molar-refractivity contribution < 1.29 is 0 Å². The lowest BCUT2D eigenvalue weighted by molar-refractivity contribution is 0.648. The Kier molecular flexibility index (Phi) is 4.15. The fourth-order valence-electron chi connectivity index (χ4n) is 2.59. The van der Waals surface area contributed by atoms with Gasteiger partial charge in [-0.15, -0.1) is 0 Å². The maximum absolute atomic E-state index is 4.31. The first kappa shape index (κ1) is 13.7. The monoisotopic (exact) mass is 336 g/mol. The largest absolute Gasteiger partial charge is 0.368 e. The van der Waals surface area contributed by atoms with E-state index in [9.17, 15) is 0 Å². The molecule has 1 heterocycles.